The van der Waals surface area contributed by atoms with E-state index in [1.807, 2.05) is 0 Å². The Kier molecular flexibility index (Phi) is 4.73. The summed E-state index contributed by atoms with van der Waals surface area (Å²) in [5.41, 5.74) is 4.59. The van der Waals surface area contributed by atoms with Crippen molar-refractivity contribution in [3.8, 4) is 0 Å². The summed E-state index contributed by atoms with van der Waals surface area (Å²) in [6.07, 6.45) is 1.27. The molecular formula is C10H22N2O3S. The average molecular weight is 250 g/mol. The Labute approximate surface area is 97.5 Å². The second-order valence-electron chi connectivity index (χ2n) is 4.80. The van der Waals surface area contributed by atoms with Crippen LogP contribution in [0.3, 0.4) is 0 Å². The highest BCUT2D eigenvalue weighted by atomic mass is 32.2. The molecule has 1 rings (SSSR count). The first-order chi connectivity index (χ1) is 7.35. The molecule has 0 radical (unpaired) electrons. The third kappa shape index (κ3) is 4.78. The molecule has 0 aromatic heterocycles. The van der Waals surface area contributed by atoms with Gasteiger partial charge in [-0.05, 0) is 26.3 Å². The second kappa shape index (κ2) is 5.44. The molecule has 1 saturated heterocycles. The van der Waals surface area contributed by atoms with E-state index in [-0.39, 0.29) is 18.1 Å². The van der Waals surface area contributed by atoms with E-state index in [1.54, 1.807) is 6.92 Å². The molecule has 0 amide bonds. The van der Waals surface area contributed by atoms with Crippen molar-refractivity contribution in [2.75, 3.05) is 37.7 Å². The molecule has 16 heavy (non-hydrogen) atoms. The largest absolute Gasteiger partial charge is 0.389 e. The van der Waals surface area contributed by atoms with E-state index >= 15 is 0 Å². The highest BCUT2D eigenvalue weighted by Gasteiger charge is 2.22. The molecule has 96 valence electrons. The number of hydrogen-bond donors (Lipinski definition) is 2. The van der Waals surface area contributed by atoms with E-state index in [1.165, 1.54) is 0 Å². The second-order valence-corrected chi connectivity index (χ2v) is 7.10. The predicted molar refractivity (Wildman–Crippen MR) is 64.0 cm³/mol. The molecule has 0 saturated carbocycles. The first kappa shape index (κ1) is 13.9. The minimum absolute atomic E-state index is 0.234. The molecule has 0 aromatic rings. The van der Waals surface area contributed by atoms with Crippen molar-refractivity contribution < 1.29 is 13.5 Å². The lowest BCUT2D eigenvalue weighted by molar-refractivity contribution is 0.0485. The summed E-state index contributed by atoms with van der Waals surface area (Å²) < 4.78 is 22.8. The van der Waals surface area contributed by atoms with Crippen molar-refractivity contribution in [1.82, 2.24) is 4.90 Å². The highest BCUT2D eigenvalue weighted by Crippen LogP contribution is 2.11. The summed E-state index contributed by atoms with van der Waals surface area (Å²) in [4.78, 5) is 2.09. The molecule has 0 bridgehead atoms. The fourth-order valence-corrected chi connectivity index (χ4v) is 3.02. The summed E-state index contributed by atoms with van der Waals surface area (Å²) in [5, 5.41) is 9.76. The Bertz CT molecular complexity index is 314. The van der Waals surface area contributed by atoms with Gasteiger partial charge in [0.05, 0.1) is 17.1 Å². The van der Waals surface area contributed by atoms with Crippen LogP contribution in [0.4, 0.5) is 0 Å². The fourth-order valence-electron chi connectivity index (χ4n) is 1.71. The molecule has 1 unspecified atom stereocenters. The molecule has 1 heterocycles. The number of nitrogens with zero attached hydrogens (tertiary/aromatic N) is 1. The topological polar surface area (TPSA) is 83.6 Å². The van der Waals surface area contributed by atoms with Gasteiger partial charge >= 0.3 is 0 Å². The Morgan fingerprint density at radius 1 is 1.38 bits per heavy atom. The predicted octanol–water partition coefficient (Wildman–Crippen LogP) is -0.793. The van der Waals surface area contributed by atoms with Gasteiger partial charge < -0.3 is 15.7 Å². The smallest absolute Gasteiger partial charge is 0.151 e. The van der Waals surface area contributed by atoms with Crippen LogP contribution in [0.15, 0.2) is 0 Å². The van der Waals surface area contributed by atoms with Gasteiger partial charge in [-0.25, -0.2) is 8.42 Å². The van der Waals surface area contributed by atoms with Gasteiger partial charge in [0.1, 0.15) is 0 Å². The van der Waals surface area contributed by atoms with Crippen LogP contribution in [0, 0.1) is 0 Å². The quantitative estimate of drug-likeness (QED) is 0.683. The third-order valence-electron chi connectivity index (χ3n) is 3.05. The number of aliphatic hydroxyl groups is 1. The minimum atomic E-state index is -2.84. The van der Waals surface area contributed by atoms with E-state index < -0.39 is 15.4 Å². The van der Waals surface area contributed by atoms with Gasteiger partial charge in [0.15, 0.2) is 9.84 Å². The Hall–Kier alpha value is -0.170. The van der Waals surface area contributed by atoms with Gasteiger partial charge in [0.25, 0.3) is 0 Å². The molecule has 5 nitrogen and oxygen atoms in total. The normalized spacial score (nSPS) is 25.9. The lowest BCUT2D eigenvalue weighted by Crippen LogP contribution is -2.39. The van der Waals surface area contributed by atoms with E-state index in [0.29, 0.717) is 25.9 Å². The van der Waals surface area contributed by atoms with Gasteiger partial charge in [0.2, 0.25) is 0 Å². The summed E-state index contributed by atoms with van der Waals surface area (Å²) in [6, 6.07) is 0. The van der Waals surface area contributed by atoms with Gasteiger partial charge in [-0.1, -0.05) is 0 Å². The molecule has 6 heteroatoms. The molecule has 1 aliphatic heterocycles. The van der Waals surface area contributed by atoms with Gasteiger partial charge in [-0.2, -0.15) is 0 Å². The zero-order chi connectivity index (χ0) is 12.2. The number of rotatable bonds is 4. The standard InChI is InChI=1S/C10H22N2O3S/c1-10(13,9-11)3-5-12-4-2-7-16(14,15)8-6-12/h13H,2-9,11H2,1H3. The lowest BCUT2D eigenvalue weighted by atomic mass is 10.0. The Morgan fingerprint density at radius 3 is 2.69 bits per heavy atom. The minimum Gasteiger partial charge on any atom is -0.389 e. The summed E-state index contributed by atoms with van der Waals surface area (Å²) >= 11 is 0. The number of hydrogen-bond acceptors (Lipinski definition) is 5. The third-order valence-corrected chi connectivity index (χ3v) is 4.77. The highest BCUT2D eigenvalue weighted by molar-refractivity contribution is 7.91. The molecular weight excluding hydrogens is 228 g/mol. The number of nitrogens with two attached hydrogens (primary N) is 1. The average Bonchev–Trinajstić information content (AvgIpc) is 2.37. The molecule has 0 aliphatic carbocycles. The van der Waals surface area contributed by atoms with Crippen LogP contribution in [-0.4, -0.2) is 61.7 Å². The fraction of sp³-hybridized carbons (Fsp3) is 1.00. The van der Waals surface area contributed by atoms with Crippen molar-refractivity contribution in [3.05, 3.63) is 0 Å². The zero-order valence-corrected chi connectivity index (χ0v) is 10.7. The van der Waals surface area contributed by atoms with Crippen LogP contribution >= 0.6 is 0 Å². The lowest BCUT2D eigenvalue weighted by Gasteiger charge is -2.26. The van der Waals surface area contributed by atoms with E-state index in [2.05, 4.69) is 4.90 Å². The van der Waals surface area contributed by atoms with Crippen LogP contribution in [0.1, 0.15) is 19.8 Å². The summed E-state index contributed by atoms with van der Waals surface area (Å²) in [5.74, 6) is 0.522. The van der Waals surface area contributed by atoms with E-state index in [9.17, 15) is 13.5 Å². The molecule has 3 N–H and O–H groups in total. The molecule has 1 atom stereocenters. The van der Waals surface area contributed by atoms with Crippen molar-refractivity contribution >= 4 is 9.84 Å². The van der Waals surface area contributed by atoms with Crippen LogP contribution < -0.4 is 5.73 Å². The Balaban J connectivity index is 2.39. The molecule has 0 spiro atoms. The van der Waals surface area contributed by atoms with Crippen molar-refractivity contribution in [2.24, 2.45) is 5.73 Å². The van der Waals surface area contributed by atoms with Crippen LogP contribution in [0.5, 0.6) is 0 Å². The number of sulfone groups is 1. The molecule has 0 aromatic carbocycles. The first-order valence-corrected chi connectivity index (χ1v) is 7.52. The van der Waals surface area contributed by atoms with E-state index in [0.717, 1.165) is 6.54 Å². The SMILES string of the molecule is CC(O)(CN)CCN1CCCS(=O)(=O)CC1. The van der Waals surface area contributed by atoms with Crippen LogP contribution in [-0.2, 0) is 9.84 Å². The van der Waals surface area contributed by atoms with Crippen molar-refractivity contribution in [1.29, 1.82) is 0 Å². The van der Waals surface area contributed by atoms with Gasteiger partial charge in [0, 0.05) is 19.6 Å². The van der Waals surface area contributed by atoms with Crippen molar-refractivity contribution in [2.45, 2.75) is 25.4 Å². The van der Waals surface area contributed by atoms with Gasteiger partial charge in [-0.15, -0.1) is 0 Å². The van der Waals surface area contributed by atoms with Crippen LogP contribution in [0.25, 0.3) is 0 Å². The zero-order valence-electron chi connectivity index (χ0n) is 9.85. The maximum atomic E-state index is 11.4. The Morgan fingerprint density at radius 2 is 2.06 bits per heavy atom. The maximum Gasteiger partial charge on any atom is 0.151 e. The first-order valence-electron chi connectivity index (χ1n) is 5.70. The molecule has 1 aliphatic rings. The van der Waals surface area contributed by atoms with Crippen LogP contribution in [0.2, 0.25) is 0 Å². The van der Waals surface area contributed by atoms with Crippen molar-refractivity contribution in [3.63, 3.8) is 0 Å². The summed E-state index contributed by atoms with van der Waals surface area (Å²) in [7, 11) is -2.84. The molecule has 1 fully saturated rings. The maximum absolute atomic E-state index is 11.4. The monoisotopic (exact) mass is 250 g/mol. The summed E-state index contributed by atoms with van der Waals surface area (Å²) in [6.45, 7) is 4.02. The van der Waals surface area contributed by atoms with Gasteiger partial charge in [-0.3, -0.25) is 0 Å². The van der Waals surface area contributed by atoms with E-state index in [4.69, 9.17) is 5.73 Å².